The molecule has 108 valence electrons. The number of hydrogen-bond acceptors (Lipinski definition) is 4. The molecule has 2 N–H and O–H groups in total. The first-order valence-electron chi connectivity index (χ1n) is 7.27. The third-order valence-electron chi connectivity index (χ3n) is 5.01. The van der Waals surface area contributed by atoms with Crippen LogP contribution in [0.2, 0.25) is 0 Å². The van der Waals surface area contributed by atoms with Crippen molar-refractivity contribution >= 4 is 12.6 Å². The van der Waals surface area contributed by atoms with Gasteiger partial charge in [-0.05, 0) is 64.6 Å². The van der Waals surface area contributed by atoms with Gasteiger partial charge in [-0.25, -0.2) is 0 Å². The van der Waals surface area contributed by atoms with Crippen molar-refractivity contribution in [3.63, 3.8) is 0 Å². The number of pyridine rings is 1. The molecule has 5 heteroatoms. The maximum Gasteiger partial charge on any atom is 0.495 e. The summed E-state index contributed by atoms with van der Waals surface area (Å²) in [6.07, 6.45) is 3.83. The summed E-state index contributed by atoms with van der Waals surface area (Å²) in [7, 11) is -0.343. The van der Waals surface area contributed by atoms with Gasteiger partial charge in [-0.1, -0.05) is 0 Å². The van der Waals surface area contributed by atoms with Crippen molar-refractivity contribution in [3.8, 4) is 0 Å². The first-order valence-corrected chi connectivity index (χ1v) is 7.27. The Morgan fingerprint density at radius 1 is 1.15 bits per heavy atom. The molecule has 0 radical (unpaired) electrons. The van der Waals surface area contributed by atoms with Crippen LogP contribution in [-0.2, 0) is 14.8 Å². The van der Waals surface area contributed by atoms with E-state index in [1.54, 1.807) is 0 Å². The Bertz CT molecular complexity index is 537. The quantitative estimate of drug-likeness (QED) is 0.833. The maximum atomic E-state index is 6.30. The molecular formula is C15H23BN2O2. The summed E-state index contributed by atoms with van der Waals surface area (Å²) in [6.45, 7) is 10.3. The molecule has 20 heavy (non-hydrogen) atoms. The fraction of sp³-hybridized carbons (Fsp3) is 0.667. The zero-order valence-electron chi connectivity index (χ0n) is 13.0. The molecule has 0 spiro atoms. The van der Waals surface area contributed by atoms with Crippen LogP contribution >= 0.6 is 0 Å². The number of nitrogens with zero attached hydrogens (tertiary/aromatic N) is 1. The van der Waals surface area contributed by atoms with Gasteiger partial charge in [0.1, 0.15) is 0 Å². The number of rotatable bonds is 2. The lowest BCUT2D eigenvalue weighted by Crippen LogP contribution is -2.41. The minimum Gasteiger partial charge on any atom is -0.399 e. The zero-order chi connectivity index (χ0) is 14.8. The SMILES string of the molecule is Cc1c(B2OC(C)(C)C(C)(C)O2)ccnc1C1(N)CC1. The largest absolute Gasteiger partial charge is 0.495 e. The summed E-state index contributed by atoms with van der Waals surface area (Å²) in [5.41, 5.74) is 8.55. The van der Waals surface area contributed by atoms with Gasteiger partial charge in [0.25, 0.3) is 0 Å². The lowest BCUT2D eigenvalue weighted by molar-refractivity contribution is 0.00578. The normalized spacial score (nSPS) is 25.8. The Morgan fingerprint density at radius 3 is 2.20 bits per heavy atom. The molecule has 0 atom stereocenters. The molecule has 0 bridgehead atoms. The second-order valence-electron chi connectivity index (χ2n) is 7.12. The standard InChI is InChI=1S/C15H23BN2O2/c1-10-11(6-9-18-12(10)15(17)7-8-15)16-19-13(2,3)14(4,5)20-16/h6,9H,7-8,17H2,1-5H3. The predicted molar refractivity (Wildman–Crippen MR) is 79.8 cm³/mol. The molecule has 4 nitrogen and oxygen atoms in total. The minimum atomic E-state index is -0.343. The average molecular weight is 274 g/mol. The van der Waals surface area contributed by atoms with Gasteiger partial charge in [0, 0.05) is 6.20 Å². The van der Waals surface area contributed by atoms with E-state index in [0.717, 1.165) is 29.6 Å². The zero-order valence-corrected chi connectivity index (χ0v) is 13.0. The molecule has 2 heterocycles. The van der Waals surface area contributed by atoms with E-state index in [1.165, 1.54) is 0 Å². The second-order valence-corrected chi connectivity index (χ2v) is 7.12. The van der Waals surface area contributed by atoms with E-state index in [-0.39, 0.29) is 23.9 Å². The Labute approximate surface area is 121 Å². The molecule has 1 aromatic heterocycles. The molecule has 2 aliphatic rings. The fourth-order valence-electron chi connectivity index (χ4n) is 2.65. The average Bonchev–Trinajstić information content (AvgIpc) is 3.01. The molecule has 1 aliphatic carbocycles. The van der Waals surface area contributed by atoms with E-state index in [4.69, 9.17) is 15.0 Å². The summed E-state index contributed by atoms with van der Waals surface area (Å²) in [5, 5.41) is 0. The Morgan fingerprint density at radius 2 is 1.70 bits per heavy atom. The highest BCUT2D eigenvalue weighted by Crippen LogP contribution is 2.43. The van der Waals surface area contributed by atoms with Crippen LogP contribution in [0.25, 0.3) is 0 Å². The highest BCUT2D eigenvalue weighted by atomic mass is 16.7. The van der Waals surface area contributed by atoms with Gasteiger partial charge >= 0.3 is 7.12 Å². The molecule has 0 amide bonds. The van der Waals surface area contributed by atoms with Gasteiger partial charge in [-0.3, -0.25) is 4.98 Å². The van der Waals surface area contributed by atoms with Crippen molar-refractivity contribution < 1.29 is 9.31 Å². The van der Waals surface area contributed by atoms with Crippen LogP contribution in [0.15, 0.2) is 12.3 Å². The Kier molecular flexibility index (Phi) is 2.85. The van der Waals surface area contributed by atoms with E-state index in [0.29, 0.717) is 0 Å². The summed E-state index contributed by atoms with van der Waals surface area (Å²) < 4.78 is 12.3. The van der Waals surface area contributed by atoms with Crippen LogP contribution in [0.3, 0.4) is 0 Å². The van der Waals surface area contributed by atoms with Crippen LogP contribution in [0.1, 0.15) is 51.8 Å². The van der Waals surface area contributed by atoms with Crippen LogP contribution in [0.4, 0.5) is 0 Å². The molecule has 0 unspecified atom stereocenters. The predicted octanol–water partition coefficient (Wildman–Crippen LogP) is 1.64. The summed E-state index contributed by atoms with van der Waals surface area (Å²) in [5.74, 6) is 0. The van der Waals surface area contributed by atoms with Crippen LogP contribution in [0.5, 0.6) is 0 Å². The topological polar surface area (TPSA) is 57.4 Å². The van der Waals surface area contributed by atoms with Crippen molar-refractivity contribution in [1.29, 1.82) is 0 Å². The maximum absolute atomic E-state index is 6.30. The van der Waals surface area contributed by atoms with E-state index < -0.39 is 0 Å². The van der Waals surface area contributed by atoms with Gasteiger partial charge in [0.15, 0.2) is 0 Å². The Hall–Kier alpha value is -0.905. The van der Waals surface area contributed by atoms with Crippen molar-refractivity contribution in [1.82, 2.24) is 4.98 Å². The van der Waals surface area contributed by atoms with Crippen molar-refractivity contribution in [3.05, 3.63) is 23.5 Å². The fourth-order valence-corrected chi connectivity index (χ4v) is 2.65. The van der Waals surface area contributed by atoms with Gasteiger partial charge in [0.2, 0.25) is 0 Å². The highest BCUT2D eigenvalue weighted by molar-refractivity contribution is 6.62. The summed E-state index contributed by atoms with van der Waals surface area (Å²) in [6, 6.07) is 1.98. The third-order valence-corrected chi connectivity index (χ3v) is 5.01. The van der Waals surface area contributed by atoms with Gasteiger partial charge in [-0.15, -0.1) is 0 Å². The smallest absolute Gasteiger partial charge is 0.399 e. The molecule has 1 aromatic rings. The molecule has 3 rings (SSSR count). The van der Waals surface area contributed by atoms with Crippen LogP contribution in [-0.4, -0.2) is 23.3 Å². The number of nitrogens with two attached hydrogens (primary N) is 1. The Balaban J connectivity index is 1.97. The number of hydrogen-bond donors (Lipinski definition) is 1. The van der Waals surface area contributed by atoms with E-state index >= 15 is 0 Å². The van der Waals surface area contributed by atoms with Crippen LogP contribution in [0, 0.1) is 6.92 Å². The van der Waals surface area contributed by atoms with Gasteiger partial charge < -0.3 is 15.0 Å². The molecule has 0 aromatic carbocycles. The molecule has 1 saturated heterocycles. The first kappa shape index (κ1) is 14.0. The van der Waals surface area contributed by atoms with E-state index in [1.807, 2.05) is 12.3 Å². The lowest BCUT2D eigenvalue weighted by Gasteiger charge is -2.32. The minimum absolute atomic E-state index is 0.232. The molecule has 1 aliphatic heterocycles. The van der Waals surface area contributed by atoms with Crippen molar-refractivity contribution in [2.45, 2.75) is 64.2 Å². The third kappa shape index (κ3) is 2.00. The van der Waals surface area contributed by atoms with E-state index in [9.17, 15) is 0 Å². The molecular weight excluding hydrogens is 251 g/mol. The molecule has 1 saturated carbocycles. The lowest BCUT2D eigenvalue weighted by atomic mass is 9.75. The van der Waals surface area contributed by atoms with Gasteiger partial charge in [0.05, 0.1) is 22.4 Å². The molecule has 2 fully saturated rings. The summed E-state index contributed by atoms with van der Waals surface area (Å²) in [4.78, 5) is 4.48. The van der Waals surface area contributed by atoms with E-state index in [2.05, 4.69) is 39.6 Å². The van der Waals surface area contributed by atoms with Crippen LogP contribution < -0.4 is 11.2 Å². The number of aromatic nitrogens is 1. The second kappa shape index (κ2) is 4.06. The first-order chi connectivity index (χ1) is 9.16. The van der Waals surface area contributed by atoms with Crippen molar-refractivity contribution in [2.75, 3.05) is 0 Å². The van der Waals surface area contributed by atoms with Gasteiger partial charge in [-0.2, -0.15) is 0 Å². The van der Waals surface area contributed by atoms with Crippen molar-refractivity contribution in [2.24, 2.45) is 5.73 Å². The monoisotopic (exact) mass is 274 g/mol. The summed E-state index contributed by atoms with van der Waals surface area (Å²) >= 11 is 0. The highest BCUT2D eigenvalue weighted by Gasteiger charge is 2.53.